The van der Waals surface area contributed by atoms with Crippen molar-refractivity contribution in [3.63, 3.8) is 0 Å². The zero-order valence-corrected chi connectivity index (χ0v) is 20.6. The van der Waals surface area contributed by atoms with E-state index in [0.29, 0.717) is 34.7 Å². The first-order chi connectivity index (χ1) is 14.1. The number of aliphatic hydroxyl groups excluding tert-OH is 1. The normalized spacial score (nSPS) is 47.0. The van der Waals surface area contributed by atoms with Crippen molar-refractivity contribution >= 4 is 0 Å². The summed E-state index contributed by atoms with van der Waals surface area (Å²) < 4.78 is 0. The molecule has 0 aromatic heterocycles. The number of nitrogens with one attached hydrogen (secondary N) is 1. The first-order valence-corrected chi connectivity index (χ1v) is 12.5. The fourth-order valence-corrected chi connectivity index (χ4v) is 8.47. The van der Waals surface area contributed by atoms with Crippen LogP contribution in [0, 0.1) is 34.0 Å². The Hall–Kier alpha value is -0.640. The van der Waals surface area contributed by atoms with Crippen LogP contribution in [0.15, 0.2) is 23.3 Å². The predicted molar refractivity (Wildman–Crippen MR) is 126 cm³/mol. The van der Waals surface area contributed by atoms with Crippen molar-refractivity contribution < 1.29 is 5.11 Å². The molecule has 0 aliphatic heterocycles. The summed E-state index contributed by atoms with van der Waals surface area (Å²) in [5, 5.41) is 14.0. The topological polar surface area (TPSA) is 35.5 Å². The summed E-state index contributed by atoms with van der Waals surface area (Å²) in [6.07, 6.45) is 14.0. The molecule has 4 aliphatic rings. The largest absolute Gasteiger partial charge is 0.396 e. The van der Waals surface area contributed by atoms with Gasteiger partial charge in [0.2, 0.25) is 0 Å². The molecule has 8 atom stereocenters. The molecule has 0 saturated heterocycles. The maximum Gasteiger partial charge on any atom is 0.0505 e. The van der Waals surface area contributed by atoms with E-state index < -0.39 is 0 Å². The molecule has 3 heteroatoms. The van der Waals surface area contributed by atoms with Crippen LogP contribution in [0.5, 0.6) is 0 Å². The lowest BCUT2D eigenvalue weighted by Crippen LogP contribution is -2.52. The van der Waals surface area contributed by atoms with Gasteiger partial charge in [-0.2, -0.15) is 0 Å². The van der Waals surface area contributed by atoms with Crippen LogP contribution in [0.3, 0.4) is 0 Å². The lowest BCUT2D eigenvalue weighted by atomic mass is 9.51. The molecule has 4 aliphatic carbocycles. The van der Waals surface area contributed by atoms with Crippen molar-refractivity contribution in [1.29, 1.82) is 0 Å². The molecule has 170 valence electrons. The summed E-state index contributed by atoms with van der Waals surface area (Å²) in [4.78, 5) is 2.44. The molecule has 0 heterocycles. The third-order valence-electron chi connectivity index (χ3n) is 11.0. The highest BCUT2D eigenvalue weighted by molar-refractivity contribution is 5.37. The molecule has 3 nitrogen and oxygen atoms in total. The summed E-state index contributed by atoms with van der Waals surface area (Å²) >= 11 is 0. The van der Waals surface area contributed by atoms with Crippen molar-refractivity contribution in [2.24, 2.45) is 34.0 Å². The molecule has 30 heavy (non-hydrogen) atoms. The molecule has 4 rings (SSSR count). The second-order valence-electron chi connectivity index (χ2n) is 12.0. The molecule has 0 spiro atoms. The number of nitrogens with zero attached hydrogens (tertiary/aromatic N) is 1. The molecular weight excluding hydrogens is 368 g/mol. The lowest BCUT2D eigenvalue weighted by Gasteiger charge is -2.54. The zero-order chi connectivity index (χ0) is 21.9. The molecular formula is C27H46N2O. The molecule has 0 amide bonds. The Balaban J connectivity index is 1.69. The van der Waals surface area contributed by atoms with Crippen LogP contribution >= 0.6 is 0 Å². The van der Waals surface area contributed by atoms with Crippen LogP contribution in [-0.2, 0) is 0 Å². The average Bonchev–Trinajstić information content (AvgIpc) is 2.87. The highest BCUT2D eigenvalue weighted by Gasteiger charge is 2.61. The predicted octanol–water partition coefficient (Wildman–Crippen LogP) is 5.02. The molecule has 0 aromatic carbocycles. The minimum absolute atomic E-state index is 0.0469. The van der Waals surface area contributed by atoms with Crippen LogP contribution in [0.25, 0.3) is 0 Å². The van der Waals surface area contributed by atoms with Crippen LogP contribution in [0.1, 0.15) is 72.6 Å². The van der Waals surface area contributed by atoms with Gasteiger partial charge in [-0.1, -0.05) is 38.5 Å². The molecule has 8 unspecified atom stereocenters. The van der Waals surface area contributed by atoms with E-state index in [-0.39, 0.29) is 12.0 Å². The average molecular weight is 415 g/mol. The number of rotatable bonds is 4. The lowest BCUT2D eigenvalue weighted by molar-refractivity contribution is -0.0145. The van der Waals surface area contributed by atoms with E-state index in [1.165, 1.54) is 38.5 Å². The second-order valence-corrected chi connectivity index (χ2v) is 12.0. The maximum absolute atomic E-state index is 10.4. The van der Waals surface area contributed by atoms with Crippen molar-refractivity contribution in [2.75, 3.05) is 27.7 Å². The fourth-order valence-electron chi connectivity index (χ4n) is 8.47. The Labute approximate surface area is 185 Å². The van der Waals surface area contributed by atoms with Gasteiger partial charge in [0.05, 0.1) is 6.61 Å². The molecule has 0 bridgehead atoms. The Bertz CT molecular complexity index is 726. The summed E-state index contributed by atoms with van der Waals surface area (Å²) in [5.41, 5.74) is 3.97. The molecule has 0 radical (unpaired) electrons. The zero-order valence-electron chi connectivity index (χ0n) is 20.6. The van der Waals surface area contributed by atoms with E-state index in [4.69, 9.17) is 0 Å². The van der Waals surface area contributed by atoms with Crippen LogP contribution in [0.2, 0.25) is 0 Å². The number of fused-ring (bicyclic) bond motifs is 4. The van der Waals surface area contributed by atoms with Crippen LogP contribution in [-0.4, -0.2) is 49.8 Å². The third kappa shape index (κ3) is 3.02. The highest BCUT2D eigenvalue weighted by atomic mass is 16.3. The van der Waals surface area contributed by atoms with Gasteiger partial charge >= 0.3 is 0 Å². The van der Waals surface area contributed by atoms with E-state index in [1.54, 1.807) is 11.1 Å². The molecule has 2 fully saturated rings. The summed E-state index contributed by atoms with van der Waals surface area (Å²) in [5.74, 6) is 1.95. The van der Waals surface area contributed by atoms with Gasteiger partial charge in [0, 0.05) is 17.5 Å². The van der Waals surface area contributed by atoms with E-state index in [9.17, 15) is 5.11 Å². The Morgan fingerprint density at radius 2 is 1.80 bits per heavy atom. The van der Waals surface area contributed by atoms with Gasteiger partial charge in [0.15, 0.2) is 0 Å². The highest BCUT2D eigenvalue weighted by Crippen LogP contribution is 2.68. The molecule has 0 aromatic rings. The second kappa shape index (κ2) is 7.74. The monoisotopic (exact) mass is 414 g/mol. The van der Waals surface area contributed by atoms with Crippen molar-refractivity contribution in [2.45, 2.75) is 84.7 Å². The quantitative estimate of drug-likeness (QED) is 0.678. The smallest absolute Gasteiger partial charge is 0.0505 e. The minimum Gasteiger partial charge on any atom is -0.396 e. The number of aliphatic hydroxyl groups is 1. The van der Waals surface area contributed by atoms with Gasteiger partial charge < -0.3 is 15.3 Å². The van der Waals surface area contributed by atoms with Gasteiger partial charge in [-0.15, -0.1) is 0 Å². The fraction of sp³-hybridized carbons (Fsp3) is 0.852. The minimum atomic E-state index is -0.0469. The third-order valence-corrected chi connectivity index (χ3v) is 11.0. The van der Waals surface area contributed by atoms with Crippen molar-refractivity contribution in [3.8, 4) is 0 Å². The van der Waals surface area contributed by atoms with Crippen molar-refractivity contribution in [1.82, 2.24) is 10.2 Å². The maximum atomic E-state index is 10.4. The number of hydrogen-bond donors (Lipinski definition) is 2. The summed E-state index contributed by atoms with van der Waals surface area (Å²) in [6, 6.07) is 1.05. The molecule has 2 N–H and O–H groups in total. The number of hydrogen-bond acceptors (Lipinski definition) is 3. The van der Waals surface area contributed by atoms with Gasteiger partial charge in [-0.25, -0.2) is 0 Å². The van der Waals surface area contributed by atoms with E-state index in [0.717, 1.165) is 12.3 Å². The molecule has 2 saturated carbocycles. The van der Waals surface area contributed by atoms with E-state index in [1.807, 2.05) is 0 Å². The summed E-state index contributed by atoms with van der Waals surface area (Å²) in [7, 11) is 6.58. The van der Waals surface area contributed by atoms with Crippen LogP contribution in [0.4, 0.5) is 0 Å². The standard InChI is InChI=1S/C27H46N2O/c1-18(29(6)7)21-13-15-27(4)23-10-9-22-19(16-20(23)12-14-26(21,27)3)8-11-24(28-5)25(22,2)17-30/h12,16,18,21-24,28,30H,8-11,13-15,17H2,1-7H3. The SMILES string of the molecule is CNC1CCC2=CC3=CCC4(C)C(C(C)N(C)C)CCC4(C)C3CCC2C1(C)CO. The Morgan fingerprint density at radius 3 is 2.43 bits per heavy atom. The summed E-state index contributed by atoms with van der Waals surface area (Å²) in [6.45, 7) is 10.3. The van der Waals surface area contributed by atoms with Crippen molar-refractivity contribution in [3.05, 3.63) is 23.3 Å². The Kier molecular flexibility index (Phi) is 5.82. The van der Waals surface area contributed by atoms with E-state index >= 15 is 0 Å². The van der Waals surface area contributed by atoms with Gasteiger partial charge in [0.25, 0.3) is 0 Å². The first kappa shape index (κ1) is 22.6. The number of allylic oxidation sites excluding steroid dienone is 4. The van der Waals surface area contributed by atoms with Gasteiger partial charge in [-0.3, -0.25) is 0 Å². The first-order valence-electron chi connectivity index (χ1n) is 12.5. The van der Waals surface area contributed by atoms with E-state index in [2.05, 4.69) is 71.2 Å². The van der Waals surface area contributed by atoms with Crippen LogP contribution < -0.4 is 5.32 Å². The van der Waals surface area contributed by atoms with Gasteiger partial charge in [0.1, 0.15) is 0 Å². The Morgan fingerprint density at radius 1 is 1.10 bits per heavy atom. The van der Waals surface area contributed by atoms with Gasteiger partial charge in [-0.05, 0) is 107 Å².